The first-order valence-corrected chi connectivity index (χ1v) is 6.26. The van der Waals surface area contributed by atoms with Crippen LogP contribution in [0.25, 0.3) is 0 Å². The highest BCUT2D eigenvalue weighted by molar-refractivity contribution is 5.97. The zero-order valence-corrected chi connectivity index (χ0v) is 11.0. The Morgan fingerprint density at radius 3 is 2.78 bits per heavy atom. The molecule has 4 nitrogen and oxygen atoms in total. The first-order valence-electron chi connectivity index (χ1n) is 6.26. The highest BCUT2D eigenvalue weighted by atomic mass is 16.5. The van der Waals surface area contributed by atoms with Gasteiger partial charge in [-0.05, 0) is 38.3 Å². The molecule has 0 radical (unpaired) electrons. The first-order chi connectivity index (χ1) is 8.54. The minimum absolute atomic E-state index is 0.118. The monoisotopic (exact) mass is 248 g/mol. The van der Waals surface area contributed by atoms with Crippen LogP contribution >= 0.6 is 0 Å². The summed E-state index contributed by atoms with van der Waals surface area (Å²) in [7, 11) is 1.57. The van der Waals surface area contributed by atoms with Crippen molar-refractivity contribution in [3.63, 3.8) is 0 Å². The van der Waals surface area contributed by atoms with Gasteiger partial charge in [0.05, 0.1) is 12.7 Å². The molecule has 18 heavy (non-hydrogen) atoms. The standard InChI is InChI=1S/C14H20N2O2/c1-10-4-5-12(18-2)11(8-10)13(17)16-9-14(15)6-3-7-14/h4-5,8H,3,6-7,9,15H2,1-2H3,(H,16,17). The predicted octanol–water partition coefficient (Wildman–Crippen LogP) is 1.61. The lowest BCUT2D eigenvalue weighted by molar-refractivity contribution is 0.0926. The van der Waals surface area contributed by atoms with Crippen LogP contribution in [0.1, 0.15) is 35.2 Å². The number of methoxy groups -OCH3 is 1. The molecule has 1 aromatic carbocycles. The van der Waals surface area contributed by atoms with Crippen molar-refractivity contribution >= 4 is 5.91 Å². The quantitative estimate of drug-likeness (QED) is 0.851. The molecule has 1 aliphatic carbocycles. The van der Waals surface area contributed by atoms with Crippen LogP contribution in [0.4, 0.5) is 0 Å². The van der Waals surface area contributed by atoms with E-state index < -0.39 is 0 Å². The van der Waals surface area contributed by atoms with Crippen LogP contribution in [0.3, 0.4) is 0 Å². The molecule has 0 unspecified atom stereocenters. The van der Waals surface area contributed by atoms with E-state index in [0.29, 0.717) is 17.9 Å². The molecule has 1 aromatic rings. The van der Waals surface area contributed by atoms with Crippen LogP contribution in [-0.4, -0.2) is 25.1 Å². The van der Waals surface area contributed by atoms with Gasteiger partial charge in [0.25, 0.3) is 5.91 Å². The smallest absolute Gasteiger partial charge is 0.255 e. The molecule has 1 amide bonds. The summed E-state index contributed by atoms with van der Waals surface area (Å²) in [5.74, 6) is 0.477. The fraction of sp³-hybridized carbons (Fsp3) is 0.500. The second kappa shape index (κ2) is 4.98. The van der Waals surface area contributed by atoms with Crippen LogP contribution in [0.2, 0.25) is 0 Å². The van der Waals surface area contributed by atoms with Crippen LogP contribution in [-0.2, 0) is 0 Å². The van der Waals surface area contributed by atoms with E-state index in [-0.39, 0.29) is 11.4 Å². The first kappa shape index (κ1) is 12.9. The zero-order valence-electron chi connectivity index (χ0n) is 11.0. The van der Waals surface area contributed by atoms with E-state index in [1.54, 1.807) is 7.11 Å². The van der Waals surface area contributed by atoms with Crippen molar-refractivity contribution in [3.05, 3.63) is 29.3 Å². The Hall–Kier alpha value is -1.55. The Bertz CT molecular complexity index is 453. The third kappa shape index (κ3) is 2.64. The largest absolute Gasteiger partial charge is 0.496 e. The normalized spacial score (nSPS) is 16.8. The summed E-state index contributed by atoms with van der Waals surface area (Å²) in [6, 6.07) is 5.57. The maximum absolute atomic E-state index is 12.1. The fourth-order valence-corrected chi connectivity index (χ4v) is 2.16. The molecule has 0 heterocycles. The Morgan fingerprint density at radius 1 is 1.50 bits per heavy atom. The molecule has 1 saturated carbocycles. The van der Waals surface area contributed by atoms with E-state index in [0.717, 1.165) is 24.8 Å². The average Bonchev–Trinajstić information content (AvgIpc) is 2.33. The molecule has 0 saturated heterocycles. The number of nitrogens with one attached hydrogen (secondary N) is 1. The van der Waals surface area contributed by atoms with Gasteiger partial charge in [-0.25, -0.2) is 0 Å². The lowest BCUT2D eigenvalue weighted by atomic mass is 9.78. The molecule has 1 aliphatic rings. The number of hydrogen-bond donors (Lipinski definition) is 2. The van der Waals surface area contributed by atoms with Crippen molar-refractivity contribution in [2.24, 2.45) is 5.73 Å². The number of amides is 1. The second-order valence-electron chi connectivity index (χ2n) is 5.10. The average molecular weight is 248 g/mol. The number of ether oxygens (including phenoxy) is 1. The van der Waals surface area contributed by atoms with Gasteiger partial charge in [-0.2, -0.15) is 0 Å². The highest BCUT2D eigenvalue weighted by Gasteiger charge is 2.32. The summed E-state index contributed by atoms with van der Waals surface area (Å²) in [5, 5.41) is 2.90. The number of nitrogens with two attached hydrogens (primary N) is 1. The SMILES string of the molecule is COc1ccc(C)cc1C(=O)NCC1(N)CCC1. The predicted molar refractivity (Wildman–Crippen MR) is 70.8 cm³/mol. The molecular weight excluding hydrogens is 228 g/mol. The van der Waals surface area contributed by atoms with Gasteiger partial charge in [-0.15, -0.1) is 0 Å². The number of carbonyl (C=O) groups is 1. The van der Waals surface area contributed by atoms with Gasteiger partial charge in [0, 0.05) is 12.1 Å². The lowest BCUT2D eigenvalue weighted by Crippen LogP contribution is -2.54. The summed E-state index contributed by atoms with van der Waals surface area (Å²) < 4.78 is 5.20. The Morgan fingerprint density at radius 2 is 2.22 bits per heavy atom. The van der Waals surface area contributed by atoms with Gasteiger partial charge in [-0.1, -0.05) is 11.6 Å². The van der Waals surface area contributed by atoms with Gasteiger partial charge in [0.1, 0.15) is 5.75 Å². The molecule has 0 spiro atoms. The highest BCUT2D eigenvalue weighted by Crippen LogP contribution is 2.28. The molecule has 98 valence electrons. The van der Waals surface area contributed by atoms with Crippen LogP contribution in [0, 0.1) is 6.92 Å². The zero-order chi connectivity index (χ0) is 13.2. The van der Waals surface area contributed by atoms with E-state index in [2.05, 4.69) is 5.32 Å². The van der Waals surface area contributed by atoms with Crippen LogP contribution in [0.5, 0.6) is 5.75 Å². The van der Waals surface area contributed by atoms with E-state index >= 15 is 0 Å². The van der Waals surface area contributed by atoms with Crippen LogP contribution < -0.4 is 15.8 Å². The molecule has 0 aromatic heterocycles. The Kier molecular flexibility index (Phi) is 3.57. The van der Waals surface area contributed by atoms with Crippen molar-refractivity contribution in [2.75, 3.05) is 13.7 Å². The molecule has 0 atom stereocenters. The fourth-order valence-electron chi connectivity index (χ4n) is 2.16. The summed E-state index contributed by atoms with van der Waals surface area (Å²) in [4.78, 5) is 12.1. The van der Waals surface area contributed by atoms with Crippen molar-refractivity contribution in [2.45, 2.75) is 31.7 Å². The van der Waals surface area contributed by atoms with E-state index in [4.69, 9.17) is 10.5 Å². The van der Waals surface area contributed by atoms with Crippen molar-refractivity contribution < 1.29 is 9.53 Å². The maximum atomic E-state index is 12.1. The number of hydrogen-bond acceptors (Lipinski definition) is 3. The molecule has 1 fully saturated rings. The molecule has 0 bridgehead atoms. The van der Waals surface area contributed by atoms with E-state index in [1.165, 1.54) is 0 Å². The minimum atomic E-state index is -0.202. The van der Waals surface area contributed by atoms with E-state index in [9.17, 15) is 4.79 Å². The topological polar surface area (TPSA) is 64.3 Å². The Balaban J connectivity index is 2.05. The minimum Gasteiger partial charge on any atom is -0.496 e. The van der Waals surface area contributed by atoms with Crippen molar-refractivity contribution in [1.29, 1.82) is 0 Å². The number of carbonyl (C=O) groups excluding carboxylic acids is 1. The van der Waals surface area contributed by atoms with Crippen LogP contribution in [0.15, 0.2) is 18.2 Å². The lowest BCUT2D eigenvalue weighted by Gasteiger charge is -2.38. The van der Waals surface area contributed by atoms with Gasteiger partial charge in [-0.3, -0.25) is 4.79 Å². The second-order valence-corrected chi connectivity index (χ2v) is 5.10. The third-order valence-electron chi connectivity index (χ3n) is 3.55. The summed E-state index contributed by atoms with van der Waals surface area (Å²) in [6.45, 7) is 2.48. The Labute approximate surface area is 108 Å². The third-order valence-corrected chi connectivity index (χ3v) is 3.55. The summed E-state index contributed by atoms with van der Waals surface area (Å²) in [5.41, 5.74) is 7.49. The number of aryl methyl sites for hydroxylation is 1. The summed E-state index contributed by atoms with van der Waals surface area (Å²) >= 11 is 0. The maximum Gasteiger partial charge on any atom is 0.255 e. The molecule has 3 N–H and O–H groups in total. The number of rotatable bonds is 4. The summed E-state index contributed by atoms with van der Waals surface area (Å²) in [6.07, 6.45) is 3.12. The van der Waals surface area contributed by atoms with Gasteiger partial charge in [0.2, 0.25) is 0 Å². The van der Waals surface area contributed by atoms with E-state index in [1.807, 2.05) is 25.1 Å². The molecular formula is C14H20N2O2. The van der Waals surface area contributed by atoms with Gasteiger partial charge in [0.15, 0.2) is 0 Å². The van der Waals surface area contributed by atoms with Crippen molar-refractivity contribution in [1.82, 2.24) is 5.32 Å². The molecule has 2 rings (SSSR count). The van der Waals surface area contributed by atoms with Crippen molar-refractivity contribution in [3.8, 4) is 5.75 Å². The molecule has 0 aliphatic heterocycles. The molecule has 4 heteroatoms. The van der Waals surface area contributed by atoms with Gasteiger partial charge >= 0.3 is 0 Å². The van der Waals surface area contributed by atoms with Gasteiger partial charge < -0.3 is 15.8 Å². The number of benzene rings is 1.